The molecule has 1 aromatic rings. The SMILES string of the molecule is CCC(OC(=O)[C@@H](N)Cc1ccc(O)c(OC)c1)C(=O)O. The van der Waals surface area contributed by atoms with Crippen molar-refractivity contribution in [3.8, 4) is 11.5 Å². The van der Waals surface area contributed by atoms with Gasteiger partial charge in [0.2, 0.25) is 0 Å². The zero-order valence-electron chi connectivity index (χ0n) is 11.9. The number of carbonyl (C=O) groups is 2. The third-order valence-corrected chi connectivity index (χ3v) is 2.91. The average molecular weight is 297 g/mol. The molecule has 0 fully saturated rings. The number of hydrogen-bond acceptors (Lipinski definition) is 6. The van der Waals surface area contributed by atoms with Crippen LogP contribution in [0.4, 0.5) is 0 Å². The van der Waals surface area contributed by atoms with E-state index in [1.54, 1.807) is 19.1 Å². The molecule has 0 saturated heterocycles. The van der Waals surface area contributed by atoms with Crippen molar-refractivity contribution in [1.29, 1.82) is 0 Å². The van der Waals surface area contributed by atoms with Crippen LogP contribution in [0.15, 0.2) is 18.2 Å². The van der Waals surface area contributed by atoms with Crippen molar-refractivity contribution >= 4 is 11.9 Å². The van der Waals surface area contributed by atoms with Crippen LogP contribution in [0.5, 0.6) is 11.5 Å². The molecule has 0 amide bonds. The molecule has 116 valence electrons. The Morgan fingerprint density at radius 2 is 2.05 bits per heavy atom. The molecule has 21 heavy (non-hydrogen) atoms. The van der Waals surface area contributed by atoms with Crippen molar-refractivity contribution in [3.63, 3.8) is 0 Å². The second kappa shape index (κ2) is 7.49. The molecule has 0 aliphatic heterocycles. The Morgan fingerprint density at radius 3 is 2.57 bits per heavy atom. The van der Waals surface area contributed by atoms with Gasteiger partial charge in [-0.05, 0) is 30.5 Å². The highest BCUT2D eigenvalue weighted by molar-refractivity contribution is 5.81. The monoisotopic (exact) mass is 297 g/mol. The number of carboxylic acids is 1. The van der Waals surface area contributed by atoms with Gasteiger partial charge in [-0.3, -0.25) is 4.79 Å². The van der Waals surface area contributed by atoms with Crippen LogP contribution in [0.1, 0.15) is 18.9 Å². The number of benzene rings is 1. The summed E-state index contributed by atoms with van der Waals surface area (Å²) in [5.74, 6) is -1.74. The van der Waals surface area contributed by atoms with Crippen LogP contribution in [0.2, 0.25) is 0 Å². The van der Waals surface area contributed by atoms with Crippen molar-refractivity contribution in [2.45, 2.75) is 31.9 Å². The third-order valence-electron chi connectivity index (χ3n) is 2.91. The van der Waals surface area contributed by atoms with Gasteiger partial charge in [0.25, 0.3) is 0 Å². The maximum Gasteiger partial charge on any atom is 0.345 e. The molecular weight excluding hydrogens is 278 g/mol. The smallest absolute Gasteiger partial charge is 0.345 e. The molecule has 7 heteroatoms. The Kier molecular flexibility index (Phi) is 5.98. The summed E-state index contributed by atoms with van der Waals surface area (Å²) in [5.41, 5.74) is 6.38. The Morgan fingerprint density at radius 1 is 1.38 bits per heavy atom. The molecule has 1 rings (SSSR count). The summed E-state index contributed by atoms with van der Waals surface area (Å²) in [4.78, 5) is 22.6. The molecule has 7 nitrogen and oxygen atoms in total. The zero-order chi connectivity index (χ0) is 16.0. The Labute approximate surface area is 122 Å². The molecule has 4 N–H and O–H groups in total. The average Bonchev–Trinajstić information content (AvgIpc) is 2.45. The van der Waals surface area contributed by atoms with Crippen LogP contribution >= 0.6 is 0 Å². The lowest BCUT2D eigenvalue weighted by Crippen LogP contribution is -2.38. The number of aromatic hydroxyl groups is 1. The molecule has 0 radical (unpaired) electrons. The number of esters is 1. The Hall–Kier alpha value is -2.28. The minimum absolute atomic E-state index is 0.0191. The van der Waals surface area contributed by atoms with Crippen molar-refractivity contribution < 1.29 is 29.3 Å². The quantitative estimate of drug-likeness (QED) is 0.633. The molecule has 0 spiro atoms. The van der Waals surface area contributed by atoms with Crippen LogP contribution in [0, 0.1) is 0 Å². The summed E-state index contributed by atoms with van der Waals surface area (Å²) in [6, 6.07) is 3.59. The van der Waals surface area contributed by atoms with Gasteiger partial charge in [-0.2, -0.15) is 0 Å². The van der Waals surface area contributed by atoms with Gasteiger partial charge in [0.05, 0.1) is 7.11 Å². The highest BCUT2D eigenvalue weighted by Crippen LogP contribution is 2.26. The predicted octanol–water partition coefficient (Wildman–Crippen LogP) is 0.677. The minimum Gasteiger partial charge on any atom is -0.504 e. The summed E-state index contributed by atoms with van der Waals surface area (Å²) >= 11 is 0. The summed E-state index contributed by atoms with van der Waals surface area (Å²) < 4.78 is 9.79. The van der Waals surface area contributed by atoms with E-state index in [1.807, 2.05) is 0 Å². The van der Waals surface area contributed by atoms with Crippen molar-refractivity contribution in [2.75, 3.05) is 7.11 Å². The second-order valence-electron chi connectivity index (χ2n) is 4.49. The molecular formula is C14H19NO6. The largest absolute Gasteiger partial charge is 0.504 e. The lowest BCUT2D eigenvalue weighted by Gasteiger charge is -2.16. The first-order valence-electron chi connectivity index (χ1n) is 6.43. The van der Waals surface area contributed by atoms with Crippen LogP contribution < -0.4 is 10.5 Å². The number of phenolic OH excluding ortho intramolecular Hbond substituents is 1. The maximum absolute atomic E-state index is 11.8. The van der Waals surface area contributed by atoms with Crippen molar-refractivity contribution in [1.82, 2.24) is 0 Å². The van der Waals surface area contributed by atoms with Crippen LogP contribution in [0.25, 0.3) is 0 Å². The molecule has 0 saturated carbocycles. The summed E-state index contributed by atoms with van der Waals surface area (Å²) in [7, 11) is 1.41. The number of hydrogen-bond donors (Lipinski definition) is 3. The predicted molar refractivity (Wildman–Crippen MR) is 74.1 cm³/mol. The molecule has 0 aliphatic carbocycles. The fourth-order valence-electron chi connectivity index (χ4n) is 1.72. The van der Waals surface area contributed by atoms with Gasteiger partial charge in [0.15, 0.2) is 17.6 Å². The number of aliphatic carboxylic acids is 1. The number of methoxy groups -OCH3 is 1. The number of carboxylic acid groups (broad SMARTS) is 1. The minimum atomic E-state index is -1.20. The second-order valence-corrected chi connectivity index (χ2v) is 4.49. The molecule has 1 aromatic carbocycles. The van der Waals surface area contributed by atoms with Gasteiger partial charge in [0, 0.05) is 0 Å². The van der Waals surface area contributed by atoms with E-state index in [0.717, 1.165) is 0 Å². The van der Waals surface area contributed by atoms with E-state index < -0.39 is 24.1 Å². The van der Waals surface area contributed by atoms with Crippen LogP contribution in [-0.4, -0.2) is 41.4 Å². The van der Waals surface area contributed by atoms with E-state index in [4.69, 9.17) is 20.3 Å². The van der Waals surface area contributed by atoms with E-state index in [1.165, 1.54) is 13.2 Å². The Balaban J connectivity index is 2.70. The molecule has 1 unspecified atom stereocenters. The lowest BCUT2D eigenvalue weighted by molar-refractivity contribution is -0.165. The molecule has 0 bridgehead atoms. The number of nitrogens with two attached hydrogens (primary N) is 1. The van der Waals surface area contributed by atoms with Crippen molar-refractivity contribution in [3.05, 3.63) is 23.8 Å². The molecule has 0 aromatic heterocycles. The van der Waals surface area contributed by atoms with E-state index in [9.17, 15) is 14.7 Å². The summed E-state index contributed by atoms with van der Waals surface area (Å²) in [6.07, 6.45) is -0.885. The van der Waals surface area contributed by atoms with Gasteiger partial charge < -0.3 is 25.4 Å². The first kappa shape index (κ1) is 16.8. The number of rotatable bonds is 7. The first-order chi connectivity index (χ1) is 9.88. The fourth-order valence-corrected chi connectivity index (χ4v) is 1.72. The number of carbonyl (C=O) groups excluding carboxylic acids is 1. The van der Waals surface area contributed by atoms with Gasteiger partial charge in [0.1, 0.15) is 6.04 Å². The standard InChI is InChI=1S/C14H19NO6/c1-3-11(13(17)18)21-14(19)9(15)6-8-4-5-10(16)12(7-8)20-2/h4-5,7,9,11,16H,3,6,15H2,1-2H3,(H,17,18)/t9-,11?/m0/s1. The first-order valence-corrected chi connectivity index (χ1v) is 6.43. The van der Waals surface area contributed by atoms with Gasteiger partial charge in [-0.25, -0.2) is 4.79 Å². The van der Waals surface area contributed by atoms with E-state index >= 15 is 0 Å². The normalized spacial score (nSPS) is 13.3. The van der Waals surface area contributed by atoms with E-state index in [2.05, 4.69) is 0 Å². The highest BCUT2D eigenvalue weighted by atomic mass is 16.6. The van der Waals surface area contributed by atoms with E-state index in [-0.39, 0.29) is 24.3 Å². The van der Waals surface area contributed by atoms with E-state index in [0.29, 0.717) is 5.56 Å². The van der Waals surface area contributed by atoms with Gasteiger partial charge in [-0.15, -0.1) is 0 Å². The van der Waals surface area contributed by atoms with Gasteiger partial charge in [-0.1, -0.05) is 13.0 Å². The topological polar surface area (TPSA) is 119 Å². The molecule has 0 heterocycles. The summed E-state index contributed by atoms with van der Waals surface area (Å²) in [6.45, 7) is 1.60. The highest BCUT2D eigenvalue weighted by Gasteiger charge is 2.24. The maximum atomic E-state index is 11.8. The molecule has 2 atom stereocenters. The van der Waals surface area contributed by atoms with Gasteiger partial charge >= 0.3 is 11.9 Å². The van der Waals surface area contributed by atoms with Crippen molar-refractivity contribution in [2.24, 2.45) is 5.73 Å². The molecule has 0 aliphatic rings. The van der Waals surface area contributed by atoms with Crippen LogP contribution in [-0.2, 0) is 20.7 Å². The van der Waals surface area contributed by atoms with Crippen LogP contribution in [0.3, 0.4) is 0 Å². The third kappa shape index (κ3) is 4.64. The zero-order valence-corrected chi connectivity index (χ0v) is 11.9. The Bertz CT molecular complexity index is 516. The summed E-state index contributed by atoms with van der Waals surface area (Å²) in [5, 5.41) is 18.3. The lowest BCUT2D eigenvalue weighted by atomic mass is 10.1. The number of phenols is 1. The fraction of sp³-hybridized carbons (Fsp3) is 0.429. The number of ether oxygens (including phenoxy) is 2.